The van der Waals surface area contributed by atoms with Gasteiger partial charge in [0.1, 0.15) is 10.6 Å². The number of nitrogens with zero attached hydrogens (tertiary/aromatic N) is 2. The smallest absolute Gasteiger partial charge is 0.245 e. The number of nitrogens with one attached hydrogen (secondary N) is 1. The summed E-state index contributed by atoms with van der Waals surface area (Å²) in [5, 5.41) is 3.68. The summed E-state index contributed by atoms with van der Waals surface area (Å²) in [5.41, 5.74) is 1.30. The van der Waals surface area contributed by atoms with Gasteiger partial charge >= 0.3 is 0 Å². The van der Waals surface area contributed by atoms with E-state index in [9.17, 15) is 16.8 Å². The normalized spacial score (nSPS) is 18.8. The number of benzene rings is 1. The van der Waals surface area contributed by atoms with Gasteiger partial charge in [0.15, 0.2) is 5.76 Å². The molecule has 2 heterocycles. The van der Waals surface area contributed by atoms with Gasteiger partial charge < -0.3 is 4.52 Å². The molecule has 0 bridgehead atoms. The van der Waals surface area contributed by atoms with E-state index in [4.69, 9.17) is 4.52 Å². The van der Waals surface area contributed by atoms with E-state index in [1.807, 2.05) is 6.92 Å². The lowest BCUT2D eigenvalue weighted by Gasteiger charge is -2.34. The SMILES string of the molecule is Cc1ccc(S(=O)(=O)N2CCCCC2CCNS(=O)(=O)c2c(C)noc2C)cc1. The maximum absolute atomic E-state index is 13.1. The molecule has 1 unspecified atom stereocenters. The van der Waals surface area contributed by atoms with Crippen LogP contribution in [0.25, 0.3) is 0 Å². The van der Waals surface area contributed by atoms with Gasteiger partial charge in [-0.25, -0.2) is 21.6 Å². The number of sulfonamides is 2. The molecule has 8 nitrogen and oxygen atoms in total. The van der Waals surface area contributed by atoms with Crippen LogP contribution in [0.1, 0.15) is 42.7 Å². The van der Waals surface area contributed by atoms with Gasteiger partial charge in [0.05, 0.1) is 4.90 Å². The first-order valence-corrected chi connectivity index (χ1v) is 12.6. The van der Waals surface area contributed by atoms with Crippen molar-refractivity contribution in [3.8, 4) is 0 Å². The molecule has 1 aliphatic heterocycles. The molecule has 1 aromatic carbocycles. The predicted octanol–water partition coefficient (Wildman–Crippen LogP) is 2.51. The average Bonchev–Trinajstić information content (AvgIpc) is 3.01. The second kappa shape index (κ2) is 8.55. The minimum absolute atomic E-state index is 0.0466. The quantitative estimate of drug-likeness (QED) is 0.707. The molecule has 3 rings (SSSR count). The molecule has 1 aromatic heterocycles. The Labute approximate surface area is 172 Å². The summed E-state index contributed by atoms with van der Waals surface area (Å²) in [6.45, 7) is 5.60. The fraction of sp³-hybridized carbons (Fsp3) is 0.526. The summed E-state index contributed by atoms with van der Waals surface area (Å²) in [6.07, 6.45) is 2.82. The van der Waals surface area contributed by atoms with E-state index in [0.717, 1.165) is 18.4 Å². The Hall–Kier alpha value is -1.75. The number of rotatable bonds is 7. The van der Waals surface area contributed by atoms with Crippen LogP contribution in [0, 0.1) is 20.8 Å². The molecular formula is C19H27N3O5S2. The van der Waals surface area contributed by atoms with Gasteiger partial charge in [-0.05, 0) is 52.2 Å². The highest BCUT2D eigenvalue weighted by Gasteiger charge is 2.33. The molecule has 0 amide bonds. The Morgan fingerprint density at radius 1 is 1.10 bits per heavy atom. The summed E-state index contributed by atoms with van der Waals surface area (Å²) >= 11 is 0. The monoisotopic (exact) mass is 441 g/mol. The van der Waals surface area contributed by atoms with Gasteiger partial charge in [0.2, 0.25) is 20.0 Å². The maximum atomic E-state index is 13.1. The number of aryl methyl sites for hydroxylation is 3. The van der Waals surface area contributed by atoms with E-state index < -0.39 is 20.0 Å². The number of piperidine rings is 1. The van der Waals surface area contributed by atoms with Crippen LogP contribution >= 0.6 is 0 Å². The molecule has 10 heteroatoms. The molecule has 1 N–H and O–H groups in total. The van der Waals surface area contributed by atoms with Crippen molar-refractivity contribution in [3.05, 3.63) is 41.3 Å². The Morgan fingerprint density at radius 3 is 2.41 bits per heavy atom. The topological polar surface area (TPSA) is 110 Å². The van der Waals surface area contributed by atoms with E-state index in [1.54, 1.807) is 38.1 Å². The van der Waals surface area contributed by atoms with Crippen LogP contribution < -0.4 is 4.72 Å². The van der Waals surface area contributed by atoms with Crippen molar-refractivity contribution in [2.45, 2.75) is 62.3 Å². The van der Waals surface area contributed by atoms with Gasteiger partial charge in [-0.3, -0.25) is 0 Å². The molecule has 2 aromatic rings. The van der Waals surface area contributed by atoms with Gasteiger partial charge in [-0.15, -0.1) is 0 Å². The van der Waals surface area contributed by atoms with Crippen LogP contribution in [-0.4, -0.2) is 45.4 Å². The second-order valence-corrected chi connectivity index (χ2v) is 11.0. The summed E-state index contributed by atoms with van der Waals surface area (Å²) in [6, 6.07) is 6.56. The summed E-state index contributed by atoms with van der Waals surface area (Å²) < 4.78 is 60.4. The molecule has 0 aliphatic carbocycles. The molecule has 160 valence electrons. The van der Waals surface area contributed by atoms with Crippen molar-refractivity contribution in [3.63, 3.8) is 0 Å². The second-order valence-electron chi connectivity index (χ2n) is 7.42. The van der Waals surface area contributed by atoms with Crippen LogP contribution in [0.4, 0.5) is 0 Å². The molecule has 0 saturated carbocycles. The van der Waals surface area contributed by atoms with E-state index in [-0.39, 0.29) is 28.1 Å². The standard InChI is InChI=1S/C19H27N3O5S2/c1-14-7-9-18(10-8-14)29(25,26)22-13-5-4-6-17(22)11-12-20-28(23,24)19-15(2)21-27-16(19)3/h7-10,17,20H,4-6,11-13H2,1-3H3. The Balaban J connectivity index is 1.71. The summed E-state index contributed by atoms with van der Waals surface area (Å²) in [4.78, 5) is 0.316. The third kappa shape index (κ3) is 4.71. The number of aromatic nitrogens is 1. The average molecular weight is 442 g/mol. The van der Waals surface area contributed by atoms with Crippen molar-refractivity contribution < 1.29 is 21.4 Å². The highest BCUT2D eigenvalue weighted by atomic mass is 32.2. The van der Waals surface area contributed by atoms with Gasteiger partial charge in [-0.2, -0.15) is 4.31 Å². The summed E-state index contributed by atoms with van der Waals surface area (Å²) in [5.74, 6) is 0.233. The fourth-order valence-electron chi connectivity index (χ4n) is 3.71. The largest absolute Gasteiger partial charge is 0.360 e. The molecule has 1 saturated heterocycles. The van der Waals surface area contributed by atoms with E-state index >= 15 is 0 Å². The molecular weight excluding hydrogens is 414 g/mol. The van der Waals surface area contributed by atoms with Crippen molar-refractivity contribution in [1.29, 1.82) is 0 Å². The van der Waals surface area contributed by atoms with Crippen molar-refractivity contribution >= 4 is 20.0 Å². The first-order chi connectivity index (χ1) is 13.6. The zero-order valence-corrected chi connectivity index (χ0v) is 18.5. The van der Waals surface area contributed by atoms with E-state index in [2.05, 4.69) is 9.88 Å². The molecule has 0 radical (unpaired) electrons. The lowest BCUT2D eigenvalue weighted by atomic mass is 10.0. The Bertz CT molecular complexity index is 1040. The van der Waals surface area contributed by atoms with Crippen molar-refractivity contribution in [1.82, 2.24) is 14.2 Å². The Morgan fingerprint density at radius 2 is 1.79 bits per heavy atom. The van der Waals surface area contributed by atoms with Crippen LogP contribution in [0.2, 0.25) is 0 Å². The number of hydrogen-bond donors (Lipinski definition) is 1. The molecule has 1 aliphatic rings. The highest BCUT2D eigenvalue weighted by molar-refractivity contribution is 7.89. The zero-order chi connectivity index (χ0) is 21.2. The van der Waals surface area contributed by atoms with Crippen LogP contribution in [0.15, 0.2) is 38.6 Å². The minimum Gasteiger partial charge on any atom is -0.360 e. The Kier molecular flexibility index (Phi) is 6.47. The van der Waals surface area contributed by atoms with Crippen LogP contribution in [0.3, 0.4) is 0 Å². The fourth-order valence-corrected chi connectivity index (χ4v) is 6.81. The molecule has 1 atom stereocenters. The van der Waals surface area contributed by atoms with Gasteiger partial charge in [0, 0.05) is 19.1 Å². The van der Waals surface area contributed by atoms with E-state index in [1.165, 1.54) is 4.31 Å². The number of hydrogen-bond acceptors (Lipinski definition) is 6. The van der Waals surface area contributed by atoms with Crippen molar-refractivity contribution in [2.24, 2.45) is 0 Å². The van der Waals surface area contributed by atoms with Gasteiger partial charge in [0.25, 0.3) is 0 Å². The first-order valence-electron chi connectivity index (χ1n) is 9.64. The first kappa shape index (κ1) is 21.9. The molecule has 1 fully saturated rings. The predicted molar refractivity (Wildman–Crippen MR) is 108 cm³/mol. The summed E-state index contributed by atoms with van der Waals surface area (Å²) in [7, 11) is -7.38. The van der Waals surface area contributed by atoms with E-state index in [0.29, 0.717) is 25.1 Å². The third-order valence-corrected chi connectivity index (χ3v) is 8.88. The molecule has 29 heavy (non-hydrogen) atoms. The van der Waals surface area contributed by atoms with Crippen molar-refractivity contribution in [2.75, 3.05) is 13.1 Å². The third-order valence-electron chi connectivity index (χ3n) is 5.21. The van der Waals surface area contributed by atoms with Crippen LogP contribution in [0.5, 0.6) is 0 Å². The van der Waals surface area contributed by atoms with Crippen LogP contribution in [-0.2, 0) is 20.0 Å². The van der Waals surface area contributed by atoms with Gasteiger partial charge in [-0.1, -0.05) is 29.3 Å². The highest BCUT2D eigenvalue weighted by Crippen LogP contribution is 2.27. The molecule has 0 spiro atoms. The maximum Gasteiger partial charge on any atom is 0.245 e. The lowest BCUT2D eigenvalue weighted by Crippen LogP contribution is -2.45. The lowest BCUT2D eigenvalue weighted by molar-refractivity contribution is 0.242. The zero-order valence-electron chi connectivity index (χ0n) is 16.9. The minimum atomic E-state index is -3.76.